The van der Waals surface area contributed by atoms with E-state index in [1.807, 2.05) is 0 Å². The number of rotatable bonds is 3. The number of anilines is 1. The number of carbonyl (C=O) groups is 1. The zero-order valence-electron chi connectivity index (χ0n) is 10.3. The molecule has 0 spiro atoms. The summed E-state index contributed by atoms with van der Waals surface area (Å²) in [6.07, 6.45) is 0. The molecule has 0 unspecified atom stereocenters. The highest BCUT2D eigenvalue weighted by Crippen LogP contribution is 2.30. The van der Waals surface area contributed by atoms with Gasteiger partial charge < -0.3 is 5.32 Å². The van der Waals surface area contributed by atoms with E-state index in [4.69, 9.17) is 23.2 Å². The van der Waals surface area contributed by atoms with E-state index in [-0.39, 0.29) is 21.3 Å². The average molecular weight is 329 g/mol. The molecule has 0 heterocycles. The Kier molecular flexibility index (Phi) is 4.40. The van der Waals surface area contributed by atoms with Gasteiger partial charge in [0, 0.05) is 11.6 Å². The summed E-state index contributed by atoms with van der Waals surface area (Å²) in [4.78, 5) is 21.6. The number of hydrogen-bond donors (Lipinski definition) is 1. The van der Waals surface area contributed by atoms with Crippen LogP contribution in [0.4, 0.5) is 15.8 Å². The van der Waals surface area contributed by atoms with Gasteiger partial charge in [0.1, 0.15) is 0 Å². The normalized spacial score (nSPS) is 10.2. The fourth-order valence-corrected chi connectivity index (χ4v) is 1.94. The van der Waals surface area contributed by atoms with Gasteiger partial charge in [0.15, 0.2) is 0 Å². The number of halogens is 3. The third-order valence-corrected chi connectivity index (χ3v) is 3.43. The Balaban J connectivity index is 2.27. The van der Waals surface area contributed by atoms with Gasteiger partial charge in [-0.25, -0.2) is 0 Å². The lowest BCUT2D eigenvalue weighted by Crippen LogP contribution is -2.12. The summed E-state index contributed by atoms with van der Waals surface area (Å²) < 4.78 is 13.5. The van der Waals surface area contributed by atoms with Crippen molar-refractivity contribution in [3.05, 3.63) is 67.9 Å². The van der Waals surface area contributed by atoms with Crippen molar-refractivity contribution in [2.24, 2.45) is 0 Å². The zero-order valence-corrected chi connectivity index (χ0v) is 11.8. The molecule has 0 aliphatic rings. The minimum atomic E-state index is -1.09. The number of benzene rings is 2. The van der Waals surface area contributed by atoms with Gasteiger partial charge in [-0.1, -0.05) is 29.3 Å². The van der Waals surface area contributed by atoms with Crippen LogP contribution in [0.25, 0.3) is 0 Å². The molecule has 0 aromatic heterocycles. The molecule has 0 aliphatic heterocycles. The highest BCUT2D eigenvalue weighted by atomic mass is 35.5. The molecule has 5 nitrogen and oxygen atoms in total. The third-order valence-electron chi connectivity index (χ3n) is 2.61. The third kappa shape index (κ3) is 3.29. The first-order chi connectivity index (χ1) is 9.90. The number of carbonyl (C=O) groups excluding carboxylic acids is 1. The van der Waals surface area contributed by atoms with E-state index in [0.29, 0.717) is 0 Å². The molecular weight excluding hydrogens is 322 g/mol. The second-order valence-electron chi connectivity index (χ2n) is 3.98. The SMILES string of the molecule is O=C(Nc1cccc(Cl)c1Cl)c1ccc([N+](=O)[O-])c(F)c1. The Hall–Kier alpha value is -2.18. The minimum Gasteiger partial charge on any atom is -0.321 e. The molecule has 8 heteroatoms. The van der Waals surface area contributed by atoms with Gasteiger partial charge in [0.2, 0.25) is 5.82 Å². The lowest BCUT2D eigenvalue weighted by atomic mass is 10.2. The summed E-state index contributed by atoms with van der Waals surface area (Å²) in [6.45, 7) is 0. The van der Waals surface area contributed by atoms with Crippen molar-refractivity contribution in [1.29, 1.82) is 0 Å². The van der Waals surface area contributed by atoms with Crippen molar-refractivity contribution in [1.82, 2.24) is 0 Å². The minimum absolute atomic E-state index is 0.0749. The van der Waals surface area contributed by atoms with Crippen LogP contribution in [0.2, 0.25) is 10.0 Å². The standard InChI is InChI=1S/C13H7Cl2FN2O3/c14-8-2-1-3-10(12(8)15)17-13(19)7-4-5-11(18(20)21)9(16)6-7/h1-6H,(H,17,19). The summed E-state index contributed by atoms with van der Waals surface area (Å²) in [5.74, 6) is -1.75. The van der Waals surface area contributed by atoms with Crippen LogP contribution < -0.4 is 5.32 Å². The number of amides is 1. The van der Waals surface area contributed by atoms with Crippen molar-refractivity contribution in [3.63, 3.8) is 0 Å². The predicted molar refractivity (Wildman–Crippen MR) is 77.5 cm³/mol. The van der Waals surface area contributed by atoms with Crippen LogP contribution in [0.1, 0.15) is 10.4 Å². The topological polar surface area (TPSA) is 72.2 Å². The monoisotopic (exact) mass is 328 g/mol. The summed E-state index contributed by atoms with van der Waals surface area (Å²) >= 11 is 11.7. The molecule has 0 atom stereocenters. The molecule has 2 aromatic rings. The smallest absolute Gasteiger partial charge is 0.304 e. The molecule has 0 radical (unpaired) electrons. The molecule has 1 amide bonds. The van der Waals surface area contributed by atoms with Crippen molar-refractivity contribution in [3.8, 4) is 0 Å². The number of nitrogens with one attached hydrogen (secondary N) is 1. The Bertz CT molecular complexity index is 737. The Morgan fingerprint density at radius 3 is 2.57 bits per heavy atom. The van der Waals surface area contributed by atoms with E-state index >= 15 is 0 Å². The van der Waals surface area contributed by atoms with Crippen LogP contribution in [0.3, 0.4) is 0 Å². The van der Waals surface area contributed by atoms with Crippen LogP contribution in [0, 0.1) is 15.9 Å². The largest absolute Gasteiger partial charge is 0.321 e. The van der Waals surface area contributed by atoms with Crippen LogP contribution in [-0.2, 0) is 0 Å². The van der Waals surface area contributed by atoms with Crippen LogP contribution in [0.5, 0.6) is 0 Å². The van der Waals surface area contributed by atoms with E-state index in [1.165, 1.54) is 6.07 Å². The number of hydrogen-bond acceptors (Lipinski definition) is 3. The molecule has 0 saturated heterocycles. The first kappa shape index (κ1) is 15.2. The highest BCUT2D eigenvalue weighted by Gasteiger charge is 2.17. The Morgan fingerprint density at radius 1 is 1.24 bits per heavy atom. The van der Waals surface area contributed by atoms with E-state index in [2.05, 4.69) is 5.32 Å². The second-order valence-corrected chi connectivity index (χ2v) is 4.76. The lowest BCUT2D eigenvalue weighted by molar-refractivity contribution is -0.387. The number of nitro benzene ring substituents is 1. The molecule has 0 saturated carbocycles. The van der Waals surface area contributed by atoms with Gasteiger partial charge in [0.25, 0.3) is 5.91 Å². The summed E-state index contributed by atoms with van der Waals surface area (Å²) in [5.41, 5.74) is -0.519. The van der Waals surface area contributed by atoms with Gasteiger partial charge in [-0.3, -0.25) is 14.9 Å². The lowest BCUT2D eigenvalue weighted by Gasteiger charge is -2.08. The summed E-state index contributed by atoms with van der Waals surface area (Å²) in [7, 11) is 0. The van der Waals surface area contributed by atoms with Crippen LogP contribution in [0.15, 0.2) is 36.4 Å². The molecule has 1 N–H and O–H groups in total. The zero-order chi connectivity index (χ0) is 15.6. The number of nitrogens with zero attached hydrogens (tertiary/aromatic N) is 1. The van der Waals surface area contributed by atoms with Gasteiger partial charge >= 0.3 is 5.69 Å². The fourth-order valence-electron chi connectivity index (χ4n) is 1.59. The van der Waals surface area contributed by atoms with Gasteiger partial charge in [0.05, 0.1) is 20.7 Å². The maximum absolute atomic E-state index is 13.5. The predicted octanol–water partition coefficient (Wildman–Crippen LogP) is 4.29. The highest BCUT2D eigenvalue weighted by molar-refractivity contribution is 6.44. The van der Waals surface area contributed by atoms with Crippen molar-refractivity contribution in [2.45, 2.75) is 0 Å². The van der Waals surface area contributed by atoms with E-state index in [1.54, 1.807) is 12.1 Å². The van der Waals surface area contributed by atoms with Crippen molar-refractivity contribution < 1.29 is 14.1 Å². The van der Waals surface area contributed by atoms with Crippen molar-refractivity contribution in [2.75, 3.05) is 5.32 Å². The number of nitro groups is 1. The van der Waals surface area contributed by atoms with Gasteiger partial charge in [-0.15, -0.1) is 0 Å². The van der Waals surface area contributed by atoms with E-state index in [9.17, 15) is 19.3 Å². The molecular formula is C13H7Cl2FN2O3. The summed E-state index contributed by atoms with van der Waals surface area (Å²) in [5, 5.41) is 13.4. The fraction of sp³-hybridized carbons (Fsp3) is 0. The molecule has 2 rings (SSSR count). The molecule has 0 fully saturated rings. The summed E-state index contributed by atoms with van der Waals surface area (Å²) in [6, 6.07) is 7.50. The van der Waals surface area contributed by atoms with Crippen LogP contribution in [-0.4, -0.2) is 10.8 Å². The Morgan fingerprint density at radius 2 is 1.95 bits per heavy atom. The van der Waals surface area contributed by atoms with Gasteiger partial charge in [-0.05, 0) is 24.3 Å². The second kappa shape index (κ2) is 6.07. The average Bonchev–Trinajstić information content (AvgIpc) is 2.43. The van der Waals surface area contributed by atoms with Crippen LogP contribution >= 0.6 is 23.2 Å². The quantitative estimate of drug-likeness (QED) is 0.674. The molecule has 2 aromatic carbocycles. The molecule has 108 valence electrons. The maximum Gasteiger partial charge on any atom is 0.304 e. The first-order valence-electron chi connectivity index (χ1n) is 5.59. The van der Waals surface area contributed by atoms with Gasteiger partial charge in [-0.2, -0.15) is 4.39 Å². The molecule has 0 aliphatic carbocycles. The van der Waals surface area contributed by atoms with E-state index < -0.39 is 22.3 Å². The maximum atomic E-state index is 13.5. The molecule has 0 bridgehead atoms. The Labute approximate surface area is 128 Å². The van der Waals surface area contributed by atoms with Crippen molar-refractivity contribution >= 4 is 40.5 Å². The molecule has 21 heavy (non-hydrogen) atoms. The van der Waals surface area contributed by atoms with E-state index in [0.717, 1.165) is 18.2 Å². The first-order valence-corrected chi connectivity index (χ1v) is 6.35.